The number of piperazine rings is 1. The first-order chi connectivity index (χ1) is 14.2. The number of carbonyl (C=O) groups excluding carboxylic acids is 4. The molecular formula is C18H26CoN4O12. The van der Waals surface area contributed by atoms with E-state index in [-0.39, 0.29) is 38.7 Å². The number of hydrogen-bond donors (Lipinski definition) is 2. The van der Waals surface area contributed by atoms with E-state index < -0.39 is 46.7 Å². The summed E-state index contributed by atoms with van der Waals surface area (Å²) in [5, 5.41) is 45.5. The number of pyridine rings is 2. The monoisotopic (exact) mass is 549 g/mol. The van der Waals surface area contributed by atoms with Gasteiger partial charge in [0.2, 0.25) is 0 Å². The molecule has 0 amide bonds. The minimum absolute atomic E-state index is 0. The first-order valence-electron chi connectivity index (χ1n) is 8.65. The molecule has 2 aromatic rings. The number of nitrogens with two attached hydrogens (primary N) is 2. The van der Waals surface area contributed by atoms with Crippen LogP contribution in [0.25, 0.3) is 0 Å². The van der Waals surface area contributed by atoms with Crippen LogP contribution in [-0.2, 0) is 16.8 Å². The molecule has 1 aliphatic heterocycles. The summed E-state index contributed by atoms with van der Waals surface area (Å²) in [6.07, 6.45) is 0. The maximum absolute atomic E-state index is 10.2. The Bertz CT molecular complexity index is 775. The van der Waals surface area contributed by atoms with Gasteiger partial charge in [-0.1, -0.05) is 12.1 Å². The zero-order chi connectivity index (χ0) is 22.5. The quantitative estimate of drug-likeness (QED) is 0.362. The van der Waals surface area contributed by atoms with E-state index in [0.717, 1.165) is 24.3 Å². The summed E-state index contributed by atoms with van der Waals surface area (Å²) in [5.41, 5.74) is -1.68. The van der Waals surface area contributed by atoms with E-state index in [4.69, 9.17) is 0 Å². The molecule has 35 heavy (non-hydrogen) atoms. The van der Waals surface area contributed by atoms with Crippen LogP contribution in [0.1, 0.15) is 42.0 Å². The first kappa shape index (κ1) is 41.7. The fraction of sp³-hybridized carbons (Fsp3) is 0.222. The van der Waals surface area contributed by atoms with E-state index in [1.54, 1.807) is 0 Å². The third kappa shape index (κ3) is 16.7. The van der Waals surface area contributed by atoms with Gasteiger partial charge in [-0.25, -0.2) is 9.97 Å². The van der Waals surface area contributed by atoms with Gasteiger partial charge in [0.25, 0.3) is 0 Å². The van der Waals surface area contributed by atoms with Crippen LogP contribution < -0.4 is 31.1 Å². The number of carboxylic acid groups (broad SMARTS) is 4. The predicted molar refractivity (Wildman–Crippen MR) is 104 cm³/mol. The number of nitrogens with zero attached hydrogens (tertiary/aromatic N) is 2. The standard InChI is InChI=1S/2C7H5NO4.C4H10N2.Co.4H2O/c2*9-6(10)4-2-1-3-5(8-4)7(11)12;1-2-6-4-3-5-1;;;;;/h2*1-3H,(H,9,10)(H,11,12);5-6H,1-4H2;;4*1H2/q;;;+2;;;;/p-2. The van der Waals surface area contributed by atoms with Crippen LogP contribution in [0.5, 0.6) is 0 Å². The summed E-state index contributed by atoms with van der Waals surface area (Å²) < 4.78 is 0. The van der Waals surface area contributed by atoms with E-state index in [2.05, 4.69) is 20.6 Å². The molecule has 0 saturated carbocycles. The summed E-state index contributed by atoms with van der Waals surface area (Å²) in [6.45, 7) is 5.28. The van der Waals surface area contributed by atoms with Crippen LogP contribution in [0.15, 0.2) is 36.4 Å². The molecule has 16 nitrogen and oxygen atoms in total. The van der Waals surface area contributed by atoms with E-state index >= 15 is 0 Å². The number of hydrogen-bond acceptors (Lipinski definition) is 10. The fourth-order valence-corrected chi connectivity index (χ4v) is 2.08. The van der Waals surface area contributed by atoms with Crippen molar-refractivity contribution in [2.24, 2.45) is 0 Å². The Hall–Kier alpha value is -3.55. The molecule has 2 aromatic heterocycles. The van der Waals surface area contributed by atoms with Gasteiger partial charge in [0, 0.05) is 0 Å². The second kappa shape index (κ2) is 22.2. The zero-order valence-corrected chi connectivity index (χ0v) is 19.0. The molecule has 12 N–H and O–H groups in total. The molecule has 0 atom stereocenters. The van der Waals surface area contributed by atoms with Crippen molar-refractivity contribution in [3.8, 4) is 0 Å². The smallest absolute Gasteiger partial charge is 0.543 e. The van der Waals surface area contributed by atoms with E-state index in [0.29, 0.717) is 0 Å². The van der Waals surface area contributed by atoms with Crippen LogP contribution in [0, 0.1) is 0 Å². The second-order valence-corrected chi connectivity index (χ2v) is 5.70. The summed E-state index contributed by atoms with van der Waals surface area (Å²) in [5.74, 6) is -6.06. The van der Waals surface area contributed by atoms with Crippen molar-refractivity contribution in [3.05, 3.63) is 59.2 Å². The molecule has 1 saturated heterocycles. The van der Waals surface area contributed by atoms with Crippen LogP contribution in [0.3, 0.4) is 0 Å². The Balaban J connectivity index is -0.000000125. The number of aromatic carboxylic acids is 4. The van der Waals surface area contributed by atoms with Crippen LogP contribution in [0.2, 0.25) is 0 Å². The summed E-state index contributed by atoms with van der Waals surface area (Å²) in [4.78, 5) is 47.3. The summed E-state index contributed by atoms with van der Waals surface area (Å²) in [6, 6.07) is 7.07. The SMILES string of the molecule is C1C[NH2+]CC[NH2+]1.O.O.O.O.O=C([O-])c1cccc(C(=O)[O-])n1.O=C([O-])c1cccc(C(=O)[O-])n1.[Co+2]. The van der Waals surface area contributed by atoms with Gasteiger partial charge < -0.3 is 72.1 Å². The van der Waals surface area contributed by atoms with Gasteiger partial charge in [-0.3, -0.25) is 0 Å². The Labute approximate surface area is 208 Å². The first-order valence-corrected chi connectivity index (χ1v) is 8.65. The average Bonchev–Trinajstić information content (AvgIpc) is 2.76. The van der Waals surface area contributed by atoms with E-state index in [1.165, 1.54) is 38.3 Å². The van der Waals surface area contributed by atoms with Gasteiger partial charge in [0.15, 0.2) is 0 Å². The number of aromatic nitrogens is 2. The van der Waals surface area contributed by atoms with Crippen molar-refractivity contribution >= 4 is 23.9 Å². The van der Waals surface area contributed by atoms with Crippen molar-refractivity contribution in [1.29, 1.82) is 0 Å². The number of carbonyl (C=O) groups is 4. The van der Waals surface area contributed by atoms with Gasteiger partial charge >= 0.3 is 16.8 Å². The van der Waals surface area contributed by atoms with Crippen LogP contribution >= 0.6 is 0 Å². The van der Waals surface area contributed by atoms with Gasteiger partial charge in [0.1, 0.15) is 26.2 Å². The maximum Gasteiger partial charge on any atom is 2.00 e. The predicted octanol–water partition coefficient (Wildman–Crippen LogP) is -10.6. The summed E-state index contributed by atoms with van der Waals surface area (Å²) in [7, 11) is 0. The van der Waals surface area contributed by atoms with E-state index in [1.807, 2.05) is 0 Å². The van der Waals surface area contributed by atoms with Crippen molar-refractivity contribution in [2.45, 2.75) is 0 Å². The van der Waals surface area contributed by atoms with Crippen molar-refractivity contribution < 1.29 is 88.9 Å². The van der Waals surface area contributed by atoms with Crippen LogP contribution in [-0.4, -0.2) is 81.9 Å². The van der Waals surface area contributed by atoms with Gasteiger partial charge in [-0.2, -0.15) is 0 Å². The van der Waals surface area contributed by atoms with Crippen molar-refractivity contribution in [3.63, 3.8) is 0 Å². The Morgan fingerprint density at radius 3 is 0.886 bits per heavy atom. The molecule has 1 aliphatic rings. The molecule has 3 heterocycles. The van der Waals surface area contributed by atoms with Gasteiger partial charge in [-0.15, -0.1) is 0 Å². The topological polar surface area (TPSA) is 346 Å². The fourth-order valence-electron chi connectivity index (χ4n) is 2.08. The molecule has 199 valence electrons. The van der Waals surface area contributed by atoms with Crippen molar-refractivity contribution in [1.82, 2.24) is 9.97 Å². The normalized spacial score (nSPS) is 10.5. The molecule has 17 heteroatoms. The maximum atomic E-state index is 10.2. The van der Waals surface area contributed by atoms with E-state index in [9.17, 15) is 39.6 Å². The molecule has 0 spiro atoms. The average molecular weight is 549 g/mol. The molecule has 0 unspecified atom stereocenters. The Morgan fingerprint density at radius 1 is 0.543 bits per heavy atom. The van der Waals surface area contributed by atoms with Crippen molar-refractivity contribution in [2.75, 3.05) is 26.2 Å². The number of rotatable bonds is 4. The largest absolute Gasteiger partial charge is 2.00 e. The Morgan fingerprint density at radius 2 is 0.743 bits per heavy atom. The number of quaternary nitrogens is 2. The molecular weight excluding hydrogens is 523 g/mol. The summed E-state index contributed by atoms with van der Waals surface area (Å²) >= 11 is 0. The van der Waals surface area contributed by atoms with Gasteiger partial charge in [0.05, 0.1) is 46.7 Å². The minimum Gasteiger partial charge on any atom is -0.543 e. The molecule has 0 aliphatic carbocycles. The van der Waals surface area contributed by atoms with Crippen LogP contribution in [0.4, 0.5) is 0 Å². The van der Waals surface area contributed by atoms with Gasteiger partial charge in [-0.05, 0) is 24.3 Å². The molecule has 1 radical (unpaired) electrons. The molecule has 0 bridgehead atoms. The minimum atomic E-state index is -1.52. The Kier molecular flexibility index (Phi) is 26.5. The number of carboxylic acids is 4. The zero-order valence-electron chi connectivity index (χ0n) is 17.9. The molecule has 3 rings (SSSR count). The third-order valence-corrected chi connectivity index (χ3v) is 3.48. The second-order valence-electron chi connectivity index (χ2n) is 5.70. The molecule has 0 aromatic carbocycles. The third-order valence-electron chi connectivity index (χ3n) is 3.48. The molecule has 1 fully saturated rings.